The fourth-order valence-electron chi connectivity index (χ4n) is 2.99. The normalized spacial score (nSPS) is 17.5. The first-order valence-electron chi connectivity index (χ1n) is 9.08. The van der Waals surface area contributed by atoms with Gasteiger partial charge in [0.1, 0.15) is 15.7 Å². The van der Waals surface area contributed by atoms with Crippen LogP contribution in [0.15, 0.2) is 29.3 Å². The van der Waals surface area contributed by atoms with Crippen molar-refractivity contribution in [1.29, 1.82) is 0 Å². The smallest absolute Gasteiger partial charge is 0.191 e. The average molecular weight is 401 g/mol. The third-order valence-corrected chi connectivity index (χ3v) is 5.44. The lowest BCUT2D eigenvalue weighted by atomic mass is 10.0. The number of ether oxygens (including phenoxy) is 1. The van der Waals surface area contributed by atoms with Gasteiger partial charge >= 0.3 is 0 Å². The van der Waals surface area contributed by atoms with Gasteiger partial charge < -0.3 is 15.4 Å². The van der Waals surface area contributed by atoms with E-state index in [4.69, 9.17) is 4.74 Å². The number of morpholine rings is 1. The van der Waals surface area contributed by atoms with Crippen LogP contribution in [0.25, 0.3) is 0 Å². The van der Waals surface area contributed by atoms with Crippen LogP contribution < -0.4 is 10.6 Å². The SMILES string of the molecule is CN=C(NCCCS(C)(=O)=O)NCC(c1ccc(F)cc1)N1CCOCC1. The Kier molecular flexibility index (Phi) is 8.46. The Bertz CT molecular complexity index is 704. The second-order valence-corrected chi connectivity index (χ2v) is 8.84. The van der Waals surface area contributed by atoms with Crippen molar-refractivity contribution in [3.8, 4) is 0 Å². The molecule has 1 fully saturated rings. The highest BCUT2D eigenvalue weighted by molar-refractivity contribution is 7.90. The molecule has 1 unspecified atom stereocenters. The second kappa shape index (κ2) is 10.6. The van der Waals surface area contributed by atoms with Crippen molar-refractivity contribution in [3.05, 3.63) is 35.6 Å². The topological polar surface area (TPSA) is 83.0 Å². The molecule has 152 valence electrons. The van der Waals surface area contributed by atoms with Gasteiger partial charge in [0, 0.05) is 39.5 Å². The molecule has 0 bridgehead atoms. The molecule has 0 amide bonds. The number of benzene rings is 1. The molecule has 0 aliphatic carbocycles. The standard InChI is InChI=1S/C18H29FN4O3S/c1-20-18(21-8-3-13-27(2,24)25)22-14-17(23-9-11-26-12-10-23)15-4-6-16(19)7-5-15/h4-7,17H,3,8-14H2,1-2H3,(H2,20,21,22). The molecule has 7 nitrogen and oxygen atoms in total. The third-order valence-electron chi connectivity index (χ3n) is 4.41. The Balaban J connectivity index is 1.94. The van der Waals surface area contributed by atoms with E-state index in [9.17, 15) is 12.8 Å². The summed E-state index contributed by atoms with van der Waals surface area (Å²) in [6, 6.07) is 6.62. The molecule has 9 heteroatoms. The summed E-state index contributed by atoms with van der Waals surface area (Å²) in [5.41, 5.74) is 1.03. The predicted molar refractivity (Wildman–Crippen MR) is 105 cm³/mol. The van der Waals surface area contributed by atoms with E-state index in [1.54, 1.807) is 19.2 Å². The van der Waals surface area contributed by atoms with Crippen molar-refractivity contribution >= 4 is 15.8 Å². The maximum Gasteiger partial charge on any atom is 0.191 e. The molecule has 0 spiro atoms. The lowest BCUT2D eigenvalue weighted by Gasteiger charge is -2.35. The lowest BCUT2D eigenvalue weighted by Crippen LogP contribution is -2.46. The summed E-state index contributed by atoms with van der Waals surface area (Å²) >= 11 is 0. The highest BCUT2D eigenvalue weighted by Crippen LogP contribution is 2.21. The molecular weight excluding hydrogens is 371 g/mol. The van der Waals surface area contributed by atoms with Gasteiger partial charge in [-0.15, -0.1) is 0 Å². The highest BCUT2D eigenvalue weighted by atomic mass is 32.2. The van der Waals surface area contributed by atoms with Crippen molar-refractivity contribution in [2.24, 2.45) is 4.99 Å². The Morgan fingerprint density at radius 2 is 1.93 bits per heavy atom. The largest absolute Gasteiger partial charge is 0.379 e. The van der Waals surface area contributed by atoms with Gasteiger partial charge in [-0.1, -0.05) is 12.1 Å². The minimum absolute atomic E-state index is 0.0593. The molecule has 1 atom stereocenters. The van der Waals surface area contributed by atoms with Gasteiger partial charge in [-0.2, -0.15) is 0 Å². The predicted octanol–water partition coefficient (Wildman–Crippen LogP) is 0.799. The van der Waals surface area contributed by atoms with Crippen LogP contribution in [0.4, 0.5) is 4.39 Å². The van der Waals surface area contributed by atoms with Crippen LogP contribution in [-0.4, -0.2) is 77.7 Å². The van der Waals surface area contributed by atoms with Gasteiger partial charge in [0.05, 0.1) is 25.0 Å². The molecule has 1 aliphatic rings. The molecule has 2 N–H and O–H groups in total. The van der Waals surface area contributed by atoms with Gasteiger partial charge in [0.2, 0.25) is 0 Å². The molecule has 1 heterocycles. The Morgan fingerprint density at radius 3 is 2.52 bits per heavy atom. The number of sulfone groups is 1. The van der Waals surface area contributed by atoms with Gasteiger partial charge in [0.25, 0.3) is 0 Å². The number of nitrogens with zero attached hydrogens (tertiary/aromatic N) is 2. The van der Waals surface area contributed by atoms with Gasteiger partial charge in [-0.25, -0.2) is 12.8 Å². The third kappa shape index (κ3) is 7.82. The highest BCUT2D eigenvalue weighted by Gasteiger charge is 2.23. The van der Waals surface area contributed by atoms with Crippen LogP contribution >= 0.6 is 0 Å². The van der Waals surface area contributed by atoms with Crippen LogP contribution in [0, 0.1) is 5.82 Å². The van der Waals surface area contributed by atoms with Crippen LogP contribution in [0.3, 0.4) is 0 Å². The monoisotopic (exact) mass is 400 g/mol. The Morgan fingerprint density at radius 1 is 1.26 bits per heavy atom. The van der Waals surface area contributed by atoms with Crippen molar-refractivity contribution in [1.82, 2.24) is 15.5 Å². The quantitative estimate of drug-likeness (QED) is 0.382. The minimum Gasteiger partial charge on any atom is -0.379 e. The van der Waals surface area contributed by atoms with Crippen LogP contribution in [0.5, 0.6) is 0 Å². The van der Waals surface area contributed by atoms with Crippen LogP contribution in [-0.2, 0) is 14.6 Å². The maximum absolute atomic E-state index is 13.3. The van der Waals surface area contributed by atoms with Crippen molar-refractivity contribution in [2.45, 2.75) is 12.5 Å². The van der Waals surface area contributed by atoms with Crippen molar-refractivity contribution in [2.75, 3.05) is 58.4 Å². The van der Waals surface area contributed by atoms with Gasteiger partial charge in [0.15, 0.2) is 5.96 Å². The molecule has 2 rings (SSSR count). The van der Waals surface area contributed by atoms with E-state index in [1.807, 2.05) is 0 Å². The zero-order valence-electron chi connectivity index (χ0n) is 15.9. The van der Waals surface area contributed by atoms with E-state index >= 15 is 0 Å². The van der Waals surface area contributed by atoms with Crippen molar-refractivity contribution < 1.29 is 17.5 Å². The van der Waals surface area contributed by atoms with E-state index < -0.39 is 9.84 Å². The first-order chi connectivity index (χ1) is 12.9. The number of halogens is 1. The zero-order valence-corrected chi connectivity index (χ0v) is 16.8. The molecular formula is C18H29FN4O3S. The summed E-state index contributed by atoms with van der Waals surface area (Å²) in [6.45, 7) is 4.09. The molecule has 1 aromatic carbocycles. The molecule has 0 saturated carbocycles. The minimum atomic E-state index is -2.96. The molecule has 27 heavy (non-hydrogen) atoms. The van der Waals surface area contributed by atoms with Gasteiger partial charge in [-0.05, 0) is 24.1 Å². The fourth-order valence-corrected chi connectivity index (χ4v) is 3.66. The van der Waals surface area contributed by atoms with E-state index in [0.717, 1.165) is 18.7 Å². The number of hydrogen-bond acceptors (Lipinski definition) is 5. The van der Waals surface area contributed by atoms with E-state index in [-0.39, 0.29) is 17.6 Å². The number of hydrogen-bond donors (Lipinski definition) is 2. The molecule has 0 aromatic heterocycles. The summed E-state index contributed by atoms with van der Waals surface area (Å²) in [6.07, 6.45) is 1.75. The molecule has 1 aliphatic heterocycles. The first kappa shape index (κ1) is 21.6. The number of nitrogens with one attached hydrogen (secondary N) is 2. The van der Waals surface area contributed by atoms with Crippen molar-refractivity contribution in [3.63, 3.8) is 0 Å². The number of rotatable bonds is 8. The average Bonchev–Trinajstić information content (AvgIpc) is 2.65. The van der Waals surface area contributed by atoms with Gasteiger partial charge in [-0.3, -0.25) is 9.89 Å². The second-order valence-electron chi connectivity index (χ2n) is 6.58. The zero-order chi connectivity index (χ0) is 19.7. The summed E-state index contributed by atoms with van der Waals surface area (Å²) in [7, 11) is -1.28. The van der Waals surface area contributed by atoms with Crippen LogP contribution in [0.1, 0.15) is 18.0 Å². The molecule has 1 aromatic rings. The summed E-state index contributed by atoms with van der Waals surface area (Å²) in [5, 5.41) is 6.42. The Labute approximate surface area is 160 Å². The molecule has 1 saturated heterocycles. The molecule has 0 radical (unpaired) electrons. The van der Waals surface area contributed by atoms with E-state index in [1.165, 1.54) is 18.4 Å². The summed E-state index contributed by atoms with van der Waals surface area (Å²) in [4.78, 5) is 6.49. The van der Waals surface area contributed by atoms with E-state index in [2.05, 4.69) is 20.5 Å². The first-order valence-corrected chi connectivity index (χ1v) is 11.1. The van der Waals surface area contributed by atoms with Crippen LogP contribution in [0.2, 0.25) is 0 Å². The van der Waals surface area contributed by atoms with E-state index in [0.29, 0.717) is 38.7 Å². The lowest BCUT2D eigenvalue weighted by molar-refractivity contribution is 0.0170. The fraction of sp³-hybridized carbons (Fsp3) is 0.611. The summed E-state index contributed by atoms with van der Waals surface area (Å²) < 4.78 is 41.1. The maximum atomic E-state index is 13.3. The number of aliphatic imine (C=N–C) groups is 1. The Hall–Kier alpha value is -1.71. The summed E-state index contributed by atoms with van der Waals surface area (Å²) in [5.74, 6) is 0.503. The number of guanidine groups is 1.